The molecular formula is C20H18BrN5O. The van der Waals surface area contributed by atoms with Gasteiger partial charge in [-0.15, -0.1) is 0 Å². The monoisotopic (exact) mass is 423 g/mol. The molecule has 2 aromatic carbocycles. The van der Waals surface area contributed by atoms with Gasteiger partial charge in [0.2, 0.25) is 5.95 Å². The number of carbonyl (C=O) groups excluding carboxylic acids is 1. The van der Waals surface area contributed by atoms with E-state index in [1.807, 2.05) is 62.4 Å². The molecule has 0 unspecified atom stereocenters. The fourth-order valence-corrected chi connectivity index (χ4v) is 3.69. The Morgan fingerprint density at radius 1 is 1.19 bits per heavy atom. The molecule has 136 valence electrons. The second-order valence-corrected chi connectivity index (χ2v) is 7.33. The second-order valence-electron chi connectivity index (χ2n) is 6.42. The summed E-state index contributed by atoms with van der Waals surface area (Å²) in [6.45, 7) is 3.85. The third-order valence-electron chi connectivity index (χ3n) is 4.60. The summed E-state index contributed by atoms with van der Waals surface area (Å²) in [5.41, 5.74) is 4.11. The number of nitrogens with zero attached hydrogens (tertiary/aromatic N) is 3. The SMILES string of the molecule is CC1=C(C(=O)Nc2ccccc2C)[C@@H](c2cccc(Br)c2)n2ncnc2N1. The molecule has 1 aliphatic rings. The maximum absolute atomic E-state index is 13.2. The van der Waals surface area contributed by atoms with Gasteiger partial charge >= 0.3 is 0 Å². The van der Waals surface area contributed by atoms with Crippen LogP contribution in [0.5, 0.6) is 0 Å². The Morgan fingerprint density at radius 2 is 2.00 bits per heavy atom. The number of para-hydroxylation sites is 1. The number of aryl methyl sites for hydroxylation is 1. The second kappa shape index (κ2) is 7.00. The Balaban J connectivity index is 1.79. The lowest BCUT2D eigenvalue weighted by Crippen LogP contribution is -2.31. The number of fused-ring (bicyclic) bond motifs is 1. The van der Waals surface area contributed by atoms with Crippen LogP contribution < -0.4 is 10.6 Å². The summed E-state index contributed by atoms with van der Waals surface area (Å²) in [4.78, 5) is 17.5. The lowest BCUT2D eigenvalue weighted by atomic mass is 9.95. The molecule has 7 heteroatoms. The van der Waals surface area contributed by atoms with Gasteiger partial charge in [-0.25, -0.2) is 4.68 Å². The average Bonchev–Trinajstić information content (AvgIpc) is 3.10. The van der Waals surface area contributed by atoms with Gasteiger partial charge in [0.05, 0.1) is 5.57 Å². The third-order valence-corrected chi connectivity index (χ3v) is 5.09. The van der Waals surface area contributed by atoms with Crippen molar-refractivity contribution in [3.8, 4) is 0 Å². The van der Waals surface area contributed by atoms with Crippen molar-refractivity contribution in [3.05, 3.63) is 81.7 Å². The summed E-state index contributed by atoms with van der Waals surface area (Å²) in [6, 6.07) is 15.2. The molecule has 0 saturated carbocycles. The van der Waals surface area contributed by atoms with Crippen LogP contribution in [0, 0.1) is 6.92 Å². The molecule has 0 fully saturated rings. The van der Waals surface area contributed by atoms with Crippen molar-refractivity contribution in [3.63, 3.8) is 0 Å². The number of halogens is 1. The highest BCUT2D eigenvalue weighted by molar-refractivity contribution is 9.10. The molecule has 6 nitrogen and oxygen atoms in total. The highest BCUT2D eigenvalue weighted by Gasteiger charge is 2.33. The smallest absolute Gasteiger partial charge is 0.255 e. The number of allylic oxidation sites excluding steroid dienone is 1. The number of anilines is 2. The van der Waals surface area contributed by atoms with Gasteiger partial charge in [-0.2, -0.15) is 10.1 Å². The predicted molar refractivity (Wildman–Crippen MR) is 108 cm³/mol. The molecule has 2 N–H and O–H groups in total. The molecule has 1 aromatic heterocycles. The normalized spacial score (nSPS) is 15.9. The average molecular weight is 424 g/mol. The van der Waals surface area contributed by atoms with Crippen molar-refractivity contribution in [2.75, 3.05) is 10.6 Å². The van der Waals surface area contributed by atoms with E-state index in [4.69, 9.17) is 0 Å². The van der Waals surface area contributed by atoms with E-state index in [0.717, 1.165) is 27.0 Å². The fourth-order valence-electron chi connectivity index (χ4n) is 3.27. The van der Waals surface area contributed by atoms with Gasteiger partial charge in [0.1, 0.15) is 12.4 Å². The Kier molecular flexibility index (Phi) is 4.53. The van der Waals surface area contributed by atoms with E-state index < -0.39 is 0 Å². The first-order valence-corrected chi connectivity index (χ1v) is 9.33. The summed E-state index contributed by atoms with van der Waals surface area (Å²) in [5.74, 6) is 0.449. The van der Waals surface area contributed by atoms with Gasteiger partial charge in [0.25, 0.3) is 5.91 Å². The maximum Gasteiger partial charge on any atom is 0.255 e. The van der Waals surface area contributed by atoms with Crippen molar-refractivity contribution in [2.24, 2.45) is 0 Å². The molecule has 0 aliphatic carbocycles. The fraction of sp³-hybridized carbons (Fsp3) is 0.150. The quantitative estimate of drug-likeness (QED) is 0.659. The van der Waals surface area contributed by atoms with Gasteiger partial charge in [-0.1, -0.05) is 46.3 Å². The highest BCUT2D eigenvalue weighted by Crippen LogP contribution is 2.36. The molecule has 4 rings (SSSR count). The van der Waals surface area contributed by atoms with Crippen LogP contribution in [0.3, 0.4) is 0 Å². The molecule has 0 saturated heterocycles. The number of benzene rings is 2. The Morgan fingerprint density at radius 3 is 2.78 bits per heavy atom. The van der Waals surface area contributed by atoms with Crippen LogP contribution in [-0.2, 0) is 4.79 Å². The zero-order chi connectivity index (χ0) is 19.0. The highest BCUT2D eigenvalue weighted by atomic mass is 79.9. The van der Waals surface area contributed by atoms with Crippen molar-refractivity contribution < 1.29 is 4.79 Å². The molecule has 0 radical (unpaired) electrons. The van der Waals surface area contributed by atoms with Crippen LogP contribution in [-0.4, -0.2) is 20.7 Å². The lowest BCUT2D eigenvalue weighted by molar-refractivity contribution is -0.113. The summed E-state index contributed by atoms with van der Waals surface area (Å²) in [7, 11) is 0. The number of hydrogen-bond donors (Lipinski definition) is 2. The molecule has 1 amide bonds. The summed E-state index contributed by atoms with van der Waals surface area (Å²) in [5, 5.41) is 10.6. The number of nitrogens with one attached hydrogen (secondary N) is 2. The van der Waals surface area contributed by atoms with Gasteiger partial charge < -0.3 is 10.6 Å². The van der Waals surface area contributed by atoms with Gasteiger partial charge in [0, 0.05) is 15.9 Å². The summed E-state index contributed by atoms with van der Waals surface area (Å²) < 4.78 is 2.68. The van der Waals surface area contributed by atoms with E-state index in [1.165, 1.54) is 6.33 Å². The predicted octanol–water partition coefficient (Wildman–Crippen LogP) is 4.28. The Hall–Kier alpha value is -2.93. The minimum atomic E-state index is -0.370. The van der Waals surface area contributed by atoms with Crippen LogP contribution >= 0.6 is 15.9 Å². The minimum absolute atomic E-state index is 0.166. The number of carbonyl (C=O) groups is 1. The van der Waals surface area contributed by atoms with Crippen molar-refractivity contribution in [2.45, 2.75) is 19.9 Å². The van der Waals surface area contributed by atoms with Crippen LogP contribution in [0.4, 0.5) is 11.6 Å². The van der Waals surface area contributed by atoms with E-state index in [2.05, 4.69) is 36.6 Å². The molecule has 27 heavy (non-hydrogen) atoms. The van der Waals surface area contributed by atoms with E-state index >= 15 is 0 Å². The first-order valence-electron chi connectivity index (χ1n) is 8.54. The van der Waals surface area contributed by atoms with Gasteiger partial charge in [0.15, 0.2) is 0 Å². The topological polar surface area (TPSA) is 71.8 Å². The molecule has 0 bridgehead atoms. The Labute approximate surface area is 165 Å². The van der Waals surface area contributed by atoms with E-state index in [-0.39, 0.29) is 11.9 Å². The van der Waals surface area contributed by atoms with E-state index in [0.29, 0.717) is 11.5 Å². The summed E-state index contributed by atoms with van der Waals surface area (Å²) >= 11 is 3.52. The first kappa shape index (κ1) is 17.5. The third kappa shape index (κ3) is 3.26. The first-order chi connectivity index (χ1) is 13.0. The molecule has 3 aromatic rings. The minimum Gasteiger partial charge on any atom is -0.328 e. The number of hydrogen-bond acceptors (Lipinski definition) is 4. The van der Waals surface area contributed by atoms with E-state index in [9.17, 15) is 4.79 Å². The molecule has 1 aliphatic heterocycles. The zero-order valence-electron chi connectivity index (χ0n) is 14.9. The van der Waals surface area contributed by atoms with Crippen LogP contribution in [0.15, 0.2) is 70.6 Å². The Bertz CT molecular complexity index is 1060. The standard InChI is InChI=1S/C20H18BrN5O/c1-12-6-3-4-9-16(12)25-19(27)17-13(2)24-20-22-11-23-26(20)18(17)14-7-5-8-15(21)10-14/h3-11,18H,1-2H3,(H,25,27)(H,22,23,24)/t18-/m1/s1. The summed E-state index contributed by atoms with van der Waals surface area (Å²) in [6.07, 6.45) is 1.49. The van der Waals surface area contributed by atoms with Gasteiger partial charge in [-0.3, -0.25) is 4.79 Å². The molecule has 0 spiro atoms. The van der Waals surface area contributed by atoms with Crippen molar-refractivity contribution >= 4 is 33.5 Å². The number of rotatable bonds is 3. The zero-order valence-corrected chi connectivity index (χ0v) is 16.5. The van der Waals surface area contributed by atoms with E-state index in [1.54, 1.807) is 4.68 Å². The number of amides is 1. The van der Waals surface area contributed by atoms with Gasteiger partial charge in [-0.05, 0) is 43.2 Å². The van der Waals surface area contributed by atoms with Crippen molar-refractivity contribution in [1.29, 1.82) is 0 Å². The maximum atomic E-state index is 13.2. The van der Waals surface area contributed by atoms with Crippen LogP contribution in [0.1, 0.15) is 24.1 Å². The molecule has 1 atom stereocenters. The largest absolute Gasteiger partial charge is 0.328 e. The van der Waals surface area contributed by atoms with Crippen LogP contribution in [0.2, 0.25) is 0 Å². The van der Waals surface area contributed by atoms with Crippen molar-refractivity contribution in [1.82, 2.24) is 14.8 Å². The lowest BCUT2D eigenvalue weighted by Gasteiger charge is -2.29. The van der Waals surface area contributed by atoms with Crippen LogP contribution in [0.25, 0.3) is 0 Å². The number of aromatic nitrogens is 3. The molecule has 2 heterocycles. The molecular weight excluding hydrogens is 406 g/mol.